The van der Waals surface area contributed by atoms with E-state index in [0.717, 1.165) is 25.0 Å². The molecule has 1 N–H and O–H groups in total. The molecule has 1 aliphatic rings. The summed E-state index contributed by atoms with van der Waals surface area (Å²) >= 11 is 0. The van der Waals surface area contributed by atoms with Gasteiger partial charge in [0.2, 0.25) is 0 Å². The summed E-state index contributed by atoms with van der Waals surface area (Å²) < 4.78 is 1.81. The van der Waals surface area contributed by atoms with Gasteiger partial charge in [0.15, 0.2) is 0 Å². The number of aliphatic hydroxyl groups is 1. The van der Waals surface area contributed by atoms with Crippen molar-refractivity contribution in [1.82, 2.24) is 9.78 Å². The Morgan fingerprint density at radius 1 is 1.69 bits per heavy atom. The first-order chi connectivity index (χ1) is 6.12. The second kappa shape index (κ2) is 2.84. The van der Waals surface area contributed by atoms with Gasteiger partial charge in [0.1, 0.15) is 0 Å². The Morgan fingerprint density at radius 3 is 2.77 bits per heavy atom. The van der Waals surface area contributed by atoms with Crippen LogP contribution in [0.25, 0.3) is 0 Å². The van der Waals surface area contributed by atoms with Crippen LogP contribution in [0.1, 0.15) is 25.5 Å². The average Bonchev–Trinajstić information content (AvgIpc) is 2.72. The minimum atomic E-state index is -0.200. The van der Waals surface area contributed by atoms with Crippen LogP contribution in [0.15, 0.2) is 12.3 Å². The molecule has 72 valence electrons. The van der Waals surface area contributed by atoms with Gasteiger partial charge in [0, 0.05) is 18.7 Å². The van der Waals surface area contributed by atoms with Crippen molar-refractivity contribution in [1.29, 1.82) is 0 Å². The zero-order valence-electron chi connectivity index (χ0n) is 8.20. The molecule has 0 spiro atoms. The highest BCUT2D eigenvalue weighted by Gasteiger charge is 2.47. The fourth-order valence-electron chi connectivity index (χ4n) is 1.82. The number of nitrogens with zero attached hydrogens (tertiary/aromatic N) is 2. The summed E-state index contributed by atoms with van der Waals surface area (Å²) in [4.78, 5) is 0. The van der Waals surface area contributed by atoms with Crippen molar-refractivity contribution in [2.24, 2.45) is 12.5 Å². The summed E-state index contributed by atoms with van der Waals surface area (Å²) in [5, 5.41) is 13.9. The van der Waals surface area contributed by atoms with Crippen LogP contribution < -0.4 is 0 Å². The smallest absolute Gasteiger partial charge is 0.0631 e. The molecule has 1 aromatic heterocycles. The fraction of sp³-hybridized carbons (Fsp3) is 0.700. The molecular weight excluding hydrogens is 164 g/mol. The molecule has 0 aromatic carbocycles. The molecule has 0 amide bonds. The SMILES string of the molecule is CC(O)C1(Cc2ccn(C)n2)CC1. The van der Waals surface area contributed by atoms with Crippen molar-refractivity contribution in [3.63, 3.8) is 0 Å². The van der Waals surface area contributed by atoms with E-state index in [1.54, 1.807) is 0 Å². The predicted octanol–water partition coefficient (Wildman–Crippen LogP) is 1.12. The van der Waals surface area contributed by atoms with Crippen LogP contribution in [0.5, 0.6) is 0 Å². The number of aromatic nitrogens is 2. The molecule has 1 unspecified atom stereocenters. The van der Waals surface area contributed by atoms with Crippen LogP contribution in [-0.2, 0) is 13.5 Å². The number of aliphatic hydroxyl groups excluding tert-OH is 1. The molecule has 1 saturated carbocycles. The van der Waals surface area contributed by atoms with E-state index >= 15 is 0 Å². The second-order valence-corrected chi connectivity index (χ2v) is 4.20. The Labute approximate surface area is 78.4 Å². The Morgan fingerprint density at radius 2 is 2.38 bits per heavy atom. The molecule has 1 atom stereocenters. The molecule has 1 aliphatic carbocycles. The molecule has 3 nitrogen and oxygen atoms in total. The molecule has 0 saturated heterocycles. The molecule has 2 rings (SSSR count). The lowest BCUT2D eigenvalue weighted by molar-refractivity contribution is 0.110. The minimum absolute atomic E-state index is 0.147. The summed E-state index contributed by atoms with van der Waals surface area (Å²) in [5.41, 5.74) is 1.25. The lowest BCUT2D eigenvalue weighted by Crippen LogP contribution is -2.20. The zero-order valence-corrected chi connectivity index (χ0v) is 8.20. The Kier molecular flexibility index (Phi) is 1.91. The number of aryl methyl sites for hydroxylation is 1. The zero-order chi connectivity index (χ0) is 9.47. The normalized spacial score (nSPS) is 21.5. The standard InChI is InChI=1S/C10H16N2O/c1-8(13)10(4-5-10)7-9-3-6-12(2)11-9/h3,6,8,13H,4-5,7H2,1-2H3. The van der Waals surface area contributed by atoms with Gasteiger partial charge in [-0.15, -0.1) is 0 Å². The number of hydrogen-bond acceptors (Lipinski definition) is 2. The third-order valence-electron chi connectivity index (χ3n) is 3.08. The maximum Gasteiger partial charge on any atom is 0.0631 e. The summed E-state index contributed by atoms with van der Waals surface area (Å²) in [6.45, 7) is 1.88. The monoisotopic (exact) mass is 180 g/mol. The molecule has 0 bridgehead atoms. The Balaban J connectivity index is 2.06. The van der Waals surface area contributed by atoms with Gasteiger partial charge in [-0.2, -0.15) is 5.10 Å². The Hall–Kier alpha value is -0.830. The van der Waals surface area contributed by atoms with Gasteiger partial charge < -0.3 is 5.11 Å². The maximum absolute atomic E-state index is 9.58. The molecular formula is C10H16N2O. The Bertz CT molecular complexity index is 300. The van der Waals surface area contributed by atoms with Crippen LogP contribution in [-0.4, -0.2) is 21.0 Å². The minimum Gasteiger partial charge on any atom is -0.393 e. The van der Waals surface area contributed by atoms with Gasteiger partial charge in [-0.05, 0) is 32.3 Å². The summed E-state index contributed by atoms with van der Waals surface area (Å²) in [6.07, 6.45) is 4.95. The van der Waals surface area contributed by atoms with Crippen molar-refractivity contribution < 1.29 is 5.11 Å². The third-order valence-corrected chi connectivity index (χ3v) is 3.08. The highest BCUT2D eigenvalue weighted by atomic mass is 16.3. The van der Waals surface area contributed by atoms with Crippen LogP contribution in [0, 0.1) is 5.41 Å². The quantitative estimate of drug-likeness (QED) is 0.757. The largest absolute Gasteiger partial charge is 0.393 e. The maximum atomic E-state index is 9.58. The molecule has 1 fully saturated rings. The van der Waals surface area contributed by atoms with Crippen molar-refractivity contribution in [2.75, 3.05) is 0 Å². The second-order valence-electron chi connectivity index (χ2n) is 4.20. The van der Waals surface area contributed by atoms with Gasteiger partial charge in [-0.3, -0.25) is 4.68 Å². The van der Waals surface area contributed by atoms with E-state index < -0.39 is 0 Å². The molecule has 1 aromatic rings. The van der Waals surface area contributed by atoms with E-state index in [1.165, 1.54) is 0 Å². The van der Waals surface area contributed by atoms with E-state index in [1.807, 2.05) is 30.9 Å². The first-order valence-corrected chi connectivity index (χ1v) is 4.79. The number of rotatable bonds is 3. The van der Waals surface area contributed by atoms with Crippen LogP contribution >= 0.6 is 0 Å². The summed E-state index contributed by atoms with van der Waals surface area (Å²) in [5.74, 6) is 0. The van der Waals surface area contributed by atoms with E-state index in [9.17, 15) is 5.11 Å². The highest BCUT2D eigenvalue weighted by Crippen LogP contribution is 2.50. The summed E-state index contributed by atoms with van der Waals surface area (Å²) in [6, 6.07) is 2.03. The highest BCUT2D eigenvalue weighted by molar-refractivity contribution is 5.09. The molecule has 0 radical (unpaired) electrons. The first kappa shape index (κ1) is 8.75. The topological polar surface area (TPSA) is 38.0 Å². The van der Waals surface area contributed by atoms with E-state index in [2.05, 4.69) is 5.10 Å². The van der Waals surface area contributed by atoms with Gasteiger partial charge in [-0.1, -0.05) is 0 Å². The van der Waals surface area contributed by atoms with Gasteiger partial charge >= 0.3 is 0 Å². The van der Waals surface area contributed by atoms with E-state index in [-0.39, 0.29) is 11.5 Å². The predicted molar refractivity (Wildman–Crippen MR) is 50.3 cm³/mol. The summed E-state index contributed by atoms with van der Waals surface area (Å²) in [7, 11) is 1.92. The van der Waals surface area contributed by atoms with Crippen LogP contribution in [0.4, 0.5) is 0 Å². The average molecular weight is 180 g/mol. The van der Waals surface area contributed by atoms with E-state index in [0.29, 0.717) is 0 Å². The number of hydrogen-bond donors (Lipinski definition) is 1. The fourth-order valence-corrected chi connectivity index (χ4v) is 1.82. The van der Waals surface area contributed by atoms with E-state index in [4.69, 9.17) is 0 Å². The van der Waals surface area contributed by atoms with Crippen LogP contribution in [0.2, 0.25) is 0 Å². The molecule has 13 heavy (non-hydrogen) atoms. The van der Waals surface area contributed by atoms with Gasteiger partial charge in [0.05, 0.1) is 11.8 Å². The van der Waals surface area contributed by atoms with Crippen molar-refractivity contribution >= 4 is 0 Å². The first-order valence-electron chi connectivity index (χ1n) is 4.79. The van der Waals surface area contributed by atoms with Gasteiger partial charge in [0.25, 0.3) is 0 Å². The molecule has 3 heteroatoms. The van der Waals surface area contributed by atoms with Crippen molar-refractivity contribution in [2.45, 2.75) is 32.3 Å². The lowest BCUT2D eigenvalue weighted by atomic mass is 9.95. The molecule has 0 aliphatic heterocycles. The third kappa shape index (κ3) is 1.61. The van der Waals surface area contributed by atoms with Crippen molar-refractivity contribution in [3.8, 4) is 0 Å². The van der Waals surface area contributed by atoms with Crippen LogP contribution in [0.3, 0.4) is 0 Å². The lowest BCUT2D eigenvalue weighted by Gasteiger charge is -2.16. The van der Waals surface area contributed by atoms with Gasteiger partial charge in [-0.25, -0.2) is 0 Å². The van der Waals surface area contributed by atoms with Crippen molar-refractivity contribution in [3.05, 3.63) is 18.0 Å². The molecule has 1 heterocycles.